The number of aromatic nitrogens is 2. The molecule has 6 heteroatoms. The van der Waals surface area contributed by atoms with Gasteiger partial charge in [0.05, 0.1) is 74.9 Å². The van der Waals surface area contributed by atoms with E-state index in [1.807, 2.05) is 104 Å². The molecule has 2 aromatic heterocycles. The van der Waals surface area contributed by atoms with Gasteiger partial charge in [0.1, 0.15) is 0 Å². The van der Waals surface area contributed by atoms with Crippen LogP contribution in [0.5, 0.6) is 0 Å². The van der Waals surface area contributed by atoms with E-state index in [0.29, 0.717) is 22.4 Å². The van der Waals surface area contributed by atoms with Crippen LogP contribution >= 0.6 is 0 Å². The fraction of sp³-hybridized carbons (Fsp3) is 0.0213. The third-order valence-corrected chi connectivity index (χ3v) is 10.1. The normalized spacial score (nSPS) is 11.0. The Bertz CT molecular complexity index is 3180. The standard InChI is InChI=1S/C47H26N6/c1-29-21-30(26-48)11-16-35(29)33-14-19-45(52-42-9-5-4-8-37(42)41-25-34(51-2)15-20-46(41)52)40(24-33)38-17-12-32(28-50)23-47(38)53-43-10-6-3-7-36(43)39-22-31(27-49)13-18-44(39)53/h3-25H,1H3. The van der Waals surface area contributed by atoms with Gasteiger partial charge < -0.3 is 9.13 Å². The summed E-state index contributed by atoms with van der Waals surface area (Å²) in [5.74, 6) is 0. The van der Waals surface area contributed by atoms with E-state index < -0.39 is 0 Å². The lowest BCUT2D eigenvalue weighted by Gasteiger charge is -2.20. The Morgan fingerprint density at radius 2 is 1.02 bits per heavy atom. The first kappa shape index (κ1) is 31.1. The number of rotatable bonds is 4. The van der Waals surface area contributed by atoms with Crippen LogP contribution in [0.2, 0.25) is 0 Å². The van der Waals surface area contributed by atoms with Crippen LogP contribution < -0.4 is 0 Å². The SMILES string of the molecule is [C-]#[N+]c1ccc2c(c1)c1ccccc1n2-c1ccc(-c2ccc(C#N)cc2C)cc1-c1ccc(C#N)cc1-n1c2ccccc2c2cc(C#N)ccc21. The van der Waals surface area contributed by atoms with Gasteiger partial charge >= 0.3 is 0 Å². The monoisotopic (exact) mass is 674 g/mol. The minimum absolute atomic E-state index is 0.521. The molecule has 0 N–H and O–H groups in total. The Hall–Kier alpha value is -7.90. The Labute approximate surface area is 305 Å². The van der Waals surface area contributed by atoms with Gasteiger partial charge in [-0.1, -0.05) is 60.7 Å². The molecule has 0 aliphatic carbocycles. The number of hydrogen-bond acceptors (Lipinski definition) is 3. The van der Waals surface area contributed by atoms with Gasteiger partial charge in [-0.15, -0.1) is 0 Å². The van der Waals surface area contributed by atoms with E-state index in [1.54, 1.807) is 0 Å². The van der Waals surface area contributed by atoms with E-state index in [4.69, 9.17) is 6.57 Å². The predicted molar refractivity (Wildman–Crippen MR) is 211 cm³/mol. The number of nitriles is 3. The van der Waals surface area contributed by atoms with E-state index >= 15 is 0 Å². The Kier molecular flexibility index (Phi) is 7.13. The van der Waals surface area contributed by atoms with Crippen LogP contribution in [-0.4, -0.2) is 9.13 Å². The van der Waals surface area contributed by atoms with Crippen molar-refractivity contribution < 1.29 is 0 Å². The predicted octanol–water partition coefficient (Wildman–Crippen LogP) is 11.7. The Balaban J connectivity index is 1.42. The topological polar surface area (TPSA) is 85.6 Å². The number of hydrogen-bond donors (Lipinski definition) is 0. The van der Waals surface area contributed by atoms with Gasteiger partial charge in [-0.05, 0) is 108 Å². The molecule has 0 spiro atoms. The molecule has 2 heterocycles. The third-order valence-electron chi connectivity index (χ3n) is 10.1. The van der Waals surface area contributed by atoms with E-state index in [2.05, 4.69) is 74.7 Å². The Morgan fingerprint density at radius 1 is 0.472 bits per heavy atom. The van der Waals surface area contributed by atoms with E-state index in [1.165, 1.54) is 0 Å². The molecule has 0 radical (unpaired) electrons. The quantitative estimate of drug-likeness (QED) is 0.174. The van der Waals surface area contributed by atoms with Crippen molar-refractivity contribution in [1.82, 2.24) is 9.13 Å². The minimum atomic E-state index is 0.521. The summed E-state index contributed by atoms with van der Waals surface area (Å²) in [6, 6.07) is 52.9. The maximum absolute atomic E-state index is 10.2. The van der Waals surface area contributed by atoms with Crippen LogP contribution in [0.25, 0.3) is 82.1 Å². The second-order valence-corrected chi connectivity index (χ2v) is 13.1. The van der Waals surface area contributed by atoms with Crippen molar-refractivity contribution in [3.05, 3.63) is 173 Å². The molecule has 9 aromatic rings. The summed E-state index contributed by atoms with van der Waals surface area (Å²) < 4.78 is 4.45. The molecule has 9 rings (SSSR count). The third kappa shape index (κ3) is 4.84. The summed E-state index contributed by atoms with van der Waals surface area (Å²) in [7, 11) is 0. The molecule has 0 atom stereocenters. The summed E-state index contributed by atoms with van der Waals surface area (Å²) in [5.41, 5.74) is 12.7. The van der Waals surface area contributed by atoms with Gasteiger partial charge in [0.25, 0.3) is 0 Å². The highest BCUT2D eigenvalue weighted by Gasteiger charge is 2.22. The molecular weight excluding hydrogens is 649 g/mol. The molecule has 0 aliphatic rings. The fourth-order valence-electron chi connectivity index (χ4n) is 7.78. The van der Waals surface area contributed by atoms with Gasteiger partial charge in [0.2, 0.25) is 0 Å². The lowest BCUT2D eigenvalue weighted by Crippen LogP contribution is -2.02. The molecule has 0 saturated heterocycles. The number of nitrogens with zero attached hydrogens (tertiary/aromatic N) is 6. The fourth-order valence-corrected chi connectivity index (χ4v) is 7.78. The molecule has 0 amide bonds. The molecule has 0 aliphatic heterocycles. The summed E-state index contributed by atoms with van der Waals surface area (Å²) in [5, 5.41) is 33.6. The molecule has 0 bridgehead atoms. The van der Waals surface area contributed by atoms with Crippen molar-refractivity contribution in [3.63, 3.8) is 0 Å². The number of aryl methyl sites for hydroxylation is 1. The van der Waals surface area contributed by atoms with Crippen LogP contribution in [0.4, 0.5) is 5.69 Å². The molecule has 0 unspecified atom stereocenters. The average molecular weight is 675 g/mol. The van der Waals surface area contributed by atoms with E-state index in [0.717, 1.165) is 82.8 Å². The van der Waals surface area contributed by atoms with E-state index in [-0.39, 0.29) is 0 Å². The summed E-state index contributed by atoms with van der Waals surface area (Å²) >= 11 is 0. The molecule has 0 saturated carbocycles. The highest BCUT2D eigenvalue weighted by atomic mass is 15.0. The molecule has 7 aromatic carbocycles. The number of benzene rings is 7. The molecule has 53 heavy (non-hydrogen) atoms. The zero-order valence-electron chi connectivity index (χ0n) is 28.5. The highest BCUT2D eigenvalue weighted by molar-refractivity contribution is 6.12. The van der Waals surface area contributed by atoms with Gasteiger partial charge in [0, 0.05) is 27.3 Å². The summed E-state index contributed by atoms with van der Waals surface area (Å²) in [6.45, 7) is 9.73. The second kappa shape index (κ2) is 12.2. The van der Waals surface area contributed by atoms with E-state index in [9.17, 15) is 15.8 Å². The Morgan fingerprint density at radius 3 is 1.68 bits per heavy atom. The van der Waals surface area contributed by atoms with Gasteiger partial charge in [-0.2, -0.15) is 15.8 Å². The first-order valence-electron chi connectivity index (χ1n) is 17.1. The van der Waals surface area contributed by atoms with Gasteiger partial charge in [-0.3, -0.25) is 0 Å². The average Bonchev–Trinajstić information content (AvgIpc) is 3.72. The van der Waals surface area contributed by atoms with Crippen LogP contribution in [0, 0.1) is 47.5 Å². The summed E-state index contributed by atoms with van der Waals surface area (Å²) in [4.78, 5) is 3.73. The lowest BCUT2D eigenvalue weighted by molar-refractivity contribution is 1.16. The van der Waals surface area contributed by atoms with Crippen molar-refractivity contribution in [2.24, 2.45) is 0 Å². The maximum atomic E-state index is 10.2. The maximum Gasteiger partial charge on any atom is 0.188 e. The zero-order chi connectivity index (χ0) is 36.2. The first-order valence-corrected chi connectivity index (χ1v) is 17.1. The van der Waals surface area contributed by atoms with Crippen molar-refractivity contribution in [1.29, 1.82) is 15.8 Å². The summed E-state index contributed by atoms with van der Waals surface area (Å²) in [6.07, 6.45) is 0. The highest BCUT2D eigenvalue weighted by Crippen LogP contribution is 2.43. The van der Waals surface area contributed by atoms with Crippen molar-refractivity contribution >= 4 is 49.3 Å². The molecule has 6 nitrogen and oxygen atoms in total. The van der Waals surface area contributed by atoms with Crippen LogP contribution in [0.15, 0.2) is 140 Å². The smallest absolute Gasteiger partial charge is 0.188 e. The minimum Gasteiger partial charge on any atom is -0.309 e. The van der Waals surface area contributed by atoms with Crippen molar-refractivity contribution in [3.8, 4) is 51.8 Å². The second-order valence-electron chi connectivity index (χ2n) is 13.1. The van der Waals surface area contributed by atoms with Crippen LogP contribution in [0.3, 0.4) is 0 Å². The number of fused-ring (bicyclic) bond motifs is 6. The largest absolute Gasteiger partial charge is 0.309 e. The van der Waals surface area contributed by atoms with Crippen LogP contribution in [-0.2, 0) is 0 Å². The van der Waals surface area contributed by atoms with Crippen LogP contribution in [0.1, 0.15) is 22.3 Å². The van der Waals surface area contributed by atoms with Gasteiger partial charge in [-0.25, -0.2) is 4.85 Å². The molecule has 244 valence electrons. The zero-order valence-corrected chi connectivity index (χ0v) is 28.5. The molecular formula is C47H26N6. The van der Waals surface area contributed by atoms with Crippen molar-refractivity contribution in [2.75, 3.05) is 0 Å². The first-order chi connectivity index (χ1) is 26.0. The number of para-hydroxylation sites is 2. The lowest BCUT2D eigenvalue weighted by atomic mass is 9.93. The van der Waals surface area contributed by atoms with Crippen molar-refractivity contribution in [2.45, 2.75) is 6.92 Å². The van der Waals surface area contributed by atoms with Gasteiger partial charge in [0.15, 0.2) is 5.69 Å². The molecule has 0 fully saturated rings.